The van der Waals surface area contributed by atoms with E-state index in [0.29, 0.717) is 16.3 Å². The molecule has 0 aromatic heterocycles. The summed E-state index contributed by atoms with van der Waals surface area (Å²) in [6.45, 7) is 4.11. The Hall–Kier alpha value is -0.610. The highest BCUT2D eigenvalue weighted by Gasteiger charge is 2.36. The molecular formula is C12H14BrFN2. The van der Waals surface area contributed by atoms with Gasteiger partial charge in [-0.05, 0) is 39.9 Å². The first-order valence-electron chi connectivity index (χ1n) is 5.65. The minimum atomic E-state index is -0.129. The Labute approximate surface area is 103 Å². The highest BCUT2D eigenvalue weighted by Crippen LogP contribution is 2.33. The molecule has 0 unspecified atom stereocenters. The molecule has 0 radical (unpaired) electrons. The van der Waals surface area contributed by atoms with Crippen molar-refractivity contribution in [2.75, 3.05) is 31.1 Å². The molecule has 2 aliphatic rings. The molecule has 0 amide bonds. The second kappa shape index (κ2) is 4.00. The maximum Gasteiger partial charge on any atom is 0.160 e. The van der Waals surface area contributed by atoms with Gasteiger partial charge in [0.1, 0.15) is 0 Å². The third-order valence-electron chi connectivity index (χ3n) is 3.66. The van der Waals surface area contributed by atoms with E-state index in [1.54, 1.807) is 6.07 Å². The first kappa shape index (κ1) is 10.5. The Morgan fingerprint density at radius 3 is 2.62 bits per heavy atom. The zero-order valence-corrected chi connectivity index (χ0v) is 10.5. The van der Waals surface area contributed by atoms with Crippen molar-refractivity contribution < 1.29 is 4.39 Å². The molecule has 3 rings (SSSR count). The van der Waals surface area contributed by atoms with Gasteiger partial charge in [0.25, 0.3) is 0 Å². The van der Waals surface area contributed by atoms with E-state index in [1.807, 2.05) is 12.1 Å². The predicted molar refractivity (Wildman–Crippen MR) is 66.2 cm³/mol. The van der Waals surface area contributed by atoms with Crippen molar-refractivity contribution in [3.8, 4) is 0 Å². The first-order valence-corrected chi connectivity index (χ1v) is 6.44. The van der Waals surface area contributed by atoms with Gasteiger partial charge in [0.15, 0.2) is 5.82 Å². The van der Waals surface area contributed by atoms with Gasteiger partial charge in [0.05, 0.1) is 10.2 Å². The van der Waals surface area contributed by atoms with E-state index < -0.39 is 0 Å². The Morgan fingerprint density at radius 2 is 1.94 bits per heavy atom. The van der Waals surface area contributed by atoms with E-state index in [2.05, 4.69) is 26.1 Å². The van der Waals surface area contributed by atoms with Crippen molar-refractivity contribution in [3.63, 3.8) is 0 Å². The van der Waals surface area contributed by atoms with Gasteiger partial charge in [-0.15, -0.1) is 0 Å². The van der Waals surface area contributed by atoms with E-state index >= 15 is 0 Å². The third-order valence-corrected chi connectivity index (χ3v) is 4.27. The molecule has 1 aromatic carbocycles. The molecular weight excluding hydrogens is 271 g/mol. The molecule has 0 bridgehead atoms. The smallest absolute Gasteiger partial charge is 0.160 e. The lowest BCUT2D eigenvalue weighted by atomic mass is 10.0. The van der Waals surface area contributed by atoms with Gasteiger partial charge in [-0.3, -0.25) is 0 Å². The number of hydrogen-bond acceptors (Lipinski definition) is 2. The monoisotopic (exact) mass is 284 g/mol. The van der Waals surface area contributed by atoms with Crippen LogP contribution in [0, 0.1) is 17.7 Å². The number of rotatable bonds is 1. The predicted octanol–water partition coefficient (Wildman–Crippen LogP) is 2.24. The largest absolute Gasteiger partial charge is 0.368 e. The van der Waals surface area contributed by atoms with Crippen LogP contribution in [0.4, 0.5) is 10.1 Å². The van der Waals surface area contributed by atoms with Crippen LogP contribution in [-0.4, -0.2) is 26.2 Å². The fraction of sp³-hybridized carbons (Fsp3) is 0.500. The van der Waals surface area contributed by atoms with Crippen molar-refractivity contribution in [2.45, 2.75) is 0 Å². The molecule has 2 saturated heterocycles. The summed E-state index contributed by atoms with van der Waals surface area (Å²) in [6.07, 6.45) is 0. The molecule has 2 nitrogen and oxygen atoms in total. The van der Waals surface area contributed by atoms with Crippen molar-refractivity contribution in [3.05, 3.63) is 28.5 Å². The molecule has 1 N–H and O–H groups in total. The van der Waals surface area contributed by atoms with Crippen LogP contribution in [0.25, 0.3) is 0 Å². The fourth-order valence-corrected chi connectivity index (χ4v) is 3.14. The lowest BCUT2D eigenvalue weighted by molar-refractivity contribution is 0.533. The summed E-state index contributed by atoms with van der Waals surface area (Å²) in [4.78, 5) is 2.18. The molecule has 2 heterocycles. The van der Waals surface area contributed by atoms with E-state index in [9.17, 15) is 4.39 Å². The summed E-state index contributed by atoms with van der Waals surface area (Å²) in [5.74, 6) is 1.26. The lowest BCUT2D eigenvalue weighted by Crippen LogP contribution is -2.26. The summed E-state index contributed by atoms with van der Waals surface area (Å²) in [5, 5.41) is 3.39. The maximum atomic E-state index is 13.9. The minimum Gasteiger partial charge on any atom is -0.368 e. The molecule has 2 fully saturated rings. The van der Waals surface area contributed by atoms with Crippen LogP contribution in [0.15, 0.2) is 22.7 Å². The number of nitrogens with one attached hydrogen (secondary N) is 1. The number of halogens is 2. The number of fused-ring (bicyclic) bond motifs is 1. The third kappa shape index (κ3) is 1.64. The summed E-state index contributed by atoms with van der Waals surface area (Å²) in [7, 11) is 0. The van der Waals surface area contributed by atoms with E-state index in [1.165, 1.54) is 0 Å². The van der Waals surface area contributed by atoms with Crippen LogP contribution < -0.4 is 10.2 Å². The van der Waals surface area contributed by atoms with Crippen molar-refractivity contribution in [2.24, 2.45) is 11.8 Å². The summed E-state index contributed by atoms with van der Waals surface area (Å²) >= 11 is 3.24. The van der Waals surface area contributed by atoms with Crippen LogP contribution in [-0.2, 0) is 0 Å². The van der Waals surface area contributed by atoms with Crippen molar-refractivity contribution in [1.82, 2.24) is 5.32 Å². The van der Waals surface area contributed by atoms with Crippen LogP contribution in [0.1, 0.15) is 0 Å². The second-order valence-electron chi connectivity index (χ2n) is 4.66. The van der Waals surface area contributed by atoms with Crippen LogP contribution in [0.5, 0.6) is 0 Å². The topological polar surface area (TPSA) is 15.3 Å². The standard InChI is InChI=1S/C12H14BrFN2/c13-10-2-1-3-11(12(10)14)16-6-8-4-15-5-9(8)7-16/h1-3,8-9,15H,4-7H2/t8-,9+. The normalized spacial score (nSPS) is 28.5. The summed E-state index contributed by atoms with van der Waals surface area (Å²) in [5.41, 5.74) is 0.740. The highest BCUT2D eigenvalue weighted by molar-refractivity contribution is 9.10. The average Bonchev–Trinajstić information content (AvgIpc) is 2.81. The molecule has 1 aromatic rings. The zero-order chi connectivity index (χ0) is 11.1. The minimum absolute atomic E-state index is 0.129. The van der Waals surface area contributed by atoms with Gasteiger partial charge in [-0.2, -0.15) is 0 Å². The zero-order valence-electron chi connectivity index (χ0n) is 8.92. The van der Waals surface area contributed by atoms with Crippen LogP contribution >= 0.6 is 15.9 Å². The van der Waals surface area contributed by atoms with E-state index in [0.717, 1.165) is 31.9 Å². The molecule has 2 aliphatic heterocycles. The molecule has 4 heteroatoms. The van der Waals surface area contributed by atoms with E-state index in [4.69, 9.17) is 0 Å². The maximum absolute atomic E-state index is 13.9. The molecule has 2 atom stereocenters. The summed E-state index contributed by atoms with van der Waals surface area (Å²) < 4.78 is 14.5. The number of nitrogens with zero attached hydrogens (tertiary/aromatic N) is 1. The Bertz CT molecular complexity index is 398. The van der Waals surface area contributed by atoms with Gasteiger partial charge in [0.2, 0.25) is 0 Å². The molecule has 86 valence electrons. The summed E-state index contributed by atoms with van der Waals surface area (Å²) in [6, 6.07) is 5.51. The lowest BCUT2D eigenvalue weighted by Gasteiger charge is -2.20. The Balaban J connectivity index is 1.86. The highest BCUT2D eigenvalue weighted by atomic mass is 79.9. The molecule has 0 saturated carbocycles. The molecule has 0 spiro atoms. The van der Waals surface area contributed by atoms with Crippen molar-refractivity contribution in [1.29, 1.82) is 0 Å². The number of anilines is 1. The van der Waals surface area contributed by atoms with Gasteiger partial charge in [-0.25, -0.2) is 4.39 Å². The quantitative estimate of drug-likeness (QED) is 0.851. The SMILES string of the molecule is Fc1c(Br)cccc1N1C[C@H]2CNC[C@H]2C1. The number of benzene rings is 1. The molecule has 16 heavy (non-hydrogen) atoms. The fourth-order valence-electron chi connectivity index (χ4n) is 2.79. The van der Waals surface area contributed by atoms with Crippen LogP contribution in [0.3, 0.4) is 0 Å². The van der Waals surface area contributed by atoms with Gasteiger partial charge in [0, 0.05) is 26.2 Å². The van der Waals surface area contributed by atoms with Gasteiger partial charge in [-0.1, -0.05) is 6.07 Å². The second-order valence-corrected chi connectivity index (χ2v) is 5.51. The van der Waals surface area contributed by atoms with Crippen LogP contribution in [0.2, 0.25) is 0 Å². The number of hydrogen-bond donors (Lipinski definition) is 1. The van der Waals surface area contributed by atoms with Gasteiger partial charge < -0.3 is 10.2 Å². The molecule has 0 aliphatic carbocycles. The van der Waals surface area contributed by atoms with Crippen molar-refractivity contribution >= 4 is 21.6 Å². The average molecular weight is 285 g/mol. The van der Waals surface area contributed by atoms with E-state index in [-0.39, 0.29) is 5.82 Å². The first-order chi connectivity index (χ1) is 7.75. The Morgan fingerprint density at radius 1 is 1.25 bits per heavy atom. The Kier molecular flexibility index (Phi) is 2.64. The van der Waals surface area contributed by atoms with Gasteiger partial charge >= 0.3 is 0 Å².